The Hall–Kier alpha value is -2.64. The van der Waals surface area contributed by atoms with Gasteiger partial charge in [0.1, 0.15) is 0 Å². The Morgan fingerprint density at radius 1 is 0.615 bits per heavy atom. The molecule has 0 saturated heterocycles. The molecule has 7 N–H and O–H groups in total. The van der Waals surface area contributed by atoms with Gasteiger partial charge in [0.25, 0.3) is 0 Å². The molecule has 9 heteroatoms. The van der Waals surface area contributed by atoms with E-state index in [-0.39, 0.29) is 27.3 Å². The number of H-pyrrole nitrogens is 2. The molecule has 3 aromatic heterocycles. The van der Waals surface area contributed by atoms with Gasteiger partial charge in [0, 0.05) is 55.9 Å². The Kier molecular flexibility index (Phi) is 13.6. The van der Waals surface area contributed by atoms with E-state index in [0.717, 1.165) is 51.4 Å². The number of rotatable bonds is 11. The summed E-state index contributed by atoms with van der Waals surface area (Å²) < 4.78 is 0. The summed E-state index contributed by atoms with van der Waals surface area (Å²) in [5.41, 5.74) is 15.8. The van der Waals surface area contributed by atoms with Crippen LogP contribution in [0.4, 0.5) is 0 Å². The van der Waals surface area contributed by atoms with Gasteiger partial charge >= 0.3 is 0 Å². The summed E-state index contributed by atoms with van der Waals surface area (Å²) in [7, 11) is 0. The van der Waals surface area contributed by atoms with Crippen molar-refractivity contribution in [2.45, 2.75) is 58.3 Å². The molecule has 0 spiro atoms. The van der Waals surface area contributed by atoms with Crippen LogP contribution in [0.2, 0.25) is 0 Å². The number of nitrogens with one attached hydrogen (secondary N) is 5. The van der Waals surface area contributed by atoms with Gasteiger partial charge in [-0.05, 0) is 79.3 Å². The van der Waals surface area contributed by atoms with Crippen LogP contribution in [0.3, 0.4) is 0 Å². The number of hydrogen-bond acceptors (Lipinski definition) is 6. The molecule has 8 nitrogen and oxygen atoms in total. The van der Waals surface area contributed by atoms with Crippen LogP contribution in [0.25, 0.3) is 46.4 Å². The fourth-order valence-electron chi connectivity index (χ4n) is 4.40. The first kappa shape index (κ1) is 30.9. The van der Waals surface area contributed by atoms with Crippen molar-refractivity contribution in [1.29, 1.82) is 0 Å². The zero-order valence-electron chi connectivity index (χ0n) is 22.8. The molecule has 2 aliphatic rings. The summed E-state index contributed by atoms with van der Waals surface area (Å²) in [5.74, 6) is 5.01. The number of hydrogen-bond donors (Lipinski definition) is 6. The molecule has 8 bridgehead atoms. The molecule has 5 rings (SSSR count). The van der Waals surface area contributed by atoms with Crippen LogP contribution in [0.15, 0.2) is 48.5 Å². The number of nitrogens with zero attached hydrogens (tertiary/aromatic N) is 2. The van der Waals surface area contributed by atoms with Crippen molar-refractivity contribution < 1.29 is 0 Å². The average Bonchev–Trinajstić information content (AvgIpc) is 3.72. The predicted molar refractivity (Wildman–Crippen MR) is 166 cm³/mol. The van der Waals surface area contributed by atoms with Crippen molar-refractivity contribution in [2.24, 2.45) is 5.84 Å². The van der Waals surface area contributed by atoms with E-state index in [0.29, 0.717) is 0 Å². The van der Waals surface area contributed by atoms with Gasteiger partial charge in [-0.15, -0.1) is 0 Å². The maximum atomic E-state index is 5.01. The molecule has 0 saturated carbocycles. The van der Waals surface area contributed by atoms with E-state index in [2.05, 4.69) is 73.7 Å². The van der Waals surface area contributed by atoms with Crippen LogP contribution in [0, 0.1) is 0 Å². The van der Waals surface area contributed by atoms with Gasteiger partial charge in [0.05, 0.1) is 22.8 Å². The van der Waals surface area contributed by atoms with Crippen LogP contribution in [0.5, 0.6) is 0 Å². The Morgan fingerprint density at radius 3 is 1.54 bits per heavy atom. The van der Waals surface area contributed by atoms with E-state index in [9.17, 15) is 0 Å². The van der Waals surface area contributed by atoms with Gasteiger partial charge in [0.2, 0.25) is 0 Å². The smallest absolute Gasteiger partial charge is 0.0659 e. The van der Waals surface area contributed by atoms with Crippen molar-refractivity contribution >= 4 is 73.7 Å². The molecule has 39 heavy (non-hydrogen) atoms. The van der Waals surface area contributed by atoms with Crippen LogP contribution >= 0.6 is 0 Å². The number of nitrogens with two attached hydrogens (primary N) is 1. The fourth-order valence-corrected chi connectivity index (χ4v) is 4.40. The molecule has 0 aliphatic carbocycles. The van der Waals surface area contributed by atoms with E-state index in [4.69, 9.17) is 5.84 Å². The quantitative estimate of drug-likeness (QED) is 0.0440. The van der Waals surface area contributed by atoms with Crippen molar-refractivity contribution in [1.82, 2.24) is 36.4 Å². The first-order valence-corrected chi connectivity index (χ1v) is 13.7. The second-order valence-corrected chi connectivity index (χ2v) is 9.58. The summed E-state index contributed by atoms with van der Waals surface area (Å²) in [6.07, 6.45) is 18.9. The van der Waals surface area contributed by atoms with Crippen molar-refractivity contribution in [3.05, 3.63) is 71.3 Å². The van der Waals surface area contributed by atoms with Crippen molar-refractivity contribution in [3.63, 3.8) is 0 Å². The molecule has 5 heterocycles. The van der Waals surface area contributed by atoms with E-state index < -0.39 is 0 Å². The second-order valence-electron chi connectivity index (χ2n) is 9.58. The standard InChI is InChI=1S/C20H14N4.C10H26N4.Pb/c1-2-14-10-16-5-6-18(23-16)12-20-8-7-19(24-20)11-17-4-3-15(22-17)9-13(1)21-14;1-2-3-4-5-6-7-8-9-10-12-14-13-11;/h1-12,21-22H;12-14H,2-11H2,1H3;. The summed E-state index contributed by atoms with van der Waals surface area (Å²) in [6.45, 7) is 3.23. The van der Waals surface area contributed by atoms with Gasteiger partial charge in [0.15, 0.2) is 0 Å². The third kappa shape index (κ3) is 10.8. The largest absolute Gasteiger partial charge is 0.355 e. The Bertz CT molecular complexity index is 1270. The molecule has 3 aromatic rings. The minimum absolute atomic E-state index is 0. The maximum absolute atomic E-state index is 5.01. The van der Waals surface area contributed by atoms with Gasteiger partial charge in [-0.3, -0.25) is 5.84 Å². The van der Waals surface area contributed by atoms with Gasteiger partial charge < -0.3 is 9.97 Å². The molecular weight excluding hydrogens is 680 g/mol. The minimum Gasteiger partial charge on any atom is -0.355 e. The normalized spacial score (nSPS) is 11.6. The van der Waals surface area contributed by atoms with Crippen LogP contribution < -0.4 is 22.3 Å². The first-order chi connectivity index (χ1) is 18.7. The van der Waals surface area contributed by atoms with Crippen molar-refractivity contribution in [2.75, 3.05) is 6.54 Å². The van der Waals surface area contributed by atoms with Gasteiger partial charge in [-0.25, -0.2) is 15.4 Å². The summed E-state index contributed by atoms with van der Waals surface area (Å²) in [4.78, 5) is 16.0. The average molecular weight is 720 g/mol. The van der Waals surface area contributed by atoms with Crippen molar-refractivity contribution in [3.8, 4) is 0 Å². The Labute approximate surface area is 251 Å². The third-order valence-corrected chi connectivity index (χ3v) is 6.36. The molecule has 0 aromatic carbocycles. The topological polar surface area (TPSA) is 119 Å². The van der Waals surface area contributed by atoms with E-state index >= 15 is 0 Å². The summed E-state index contributed by atoms with van der Waals surface area (Å²) in [5, 5.41) is 0. The number of unbranched alkanes of at least 4 members (excludes halogenated alkanes) is 7. The van der Waals surface area contributed by atoms with E-state index in [1.54, 1.807) is 0 Å². The Balaban J connectivity index is 0.000000245. The number of aromatic nitrogens is 4. The molecule has 0 atom stereocenters. The van der Waals surface area contributed by atoms with E-state index in [1.165, 1.54) is 51.4 Å². The number of fused-ring (bicyclic) bond motifs is 8. The van der Waals surface area contributed by atoms with Gasteiger partial charge in [-0.2, -0.15) is 11.1 Å². The SMILES string of the molecule is C1=Cc2cc3ccc(cc4ccc(cc5nc(cc1n2)C=C5)[nH]4)[nH]3.CCCCCCCCCCNNNN.[Pb]. The number of hydrazine groups is 3. The fraction of sp³-hybridized carbons (Fsp3) is 0.333. The molecule has 0 amide bonds. The van der Waals surface area contributed by atoms with Crippen LogP contribution in [-0.2, 0) is 0 Å². The monoisotopic (exact) mass is 720 g/mol. The minimum atomic E-state index is 0. The summed E-state index contributed by atoms with van der Waals surface area (Å²) >= 11 is 0. The third-order valence-electron chi connectivity index (χ3n) is 6.36. The van der Waals surface area contributed by atoms with Crippen LogP contribution in [-0.4, -0.2) is 53.8 Å². The van der Waals surface area contributed by atoms with Gasteiger partial charge in [-0.1, -0.05) is 51.9 Å². The zero-order chi connectivity index (χ0) is 26.4. The molecule has 0 unspecified atom stereocenters. The Morgan fingerprint density at radius 2 is 1.05 bits per heavy atom. The molecule has 4 radical (unpaired) electrons. The molecular formula is C30H40N8Pb. The summed E-state index contributed by atoms with van der Waals surface area (Å²) in [6, 6.07) is 16.4. The zero-order valence-corrected chi connectivity index (χ0v) is 26.7. The first-order valence-electron chi connectivity index (χ1n) is 13.7. The molecule has 0 fully saturated rings. The maximum Gasteiger partial charge on any atom is 0.0659 e. The van der Waals surface area contributed by atoms with E-state index in [1.807, 2.05) is 42.5 Å². The molecule has 204 valence electrons. The second kappa shape index (κ2) is 17.1. The number of aromatic amines is 2. The van der Waals surface area contributed by atoms with Crippen LogP contribution in [0.1, 0.15) is 81.1 Å². The predicted octanol–water partition coefficient (Wildman–Crippen LogP) is 5.87. The molecule has 2 aliphatic heterocycles.